The molecule has 2 fully saturated rings. The summed E-state index contributed by atoms with van der Waals surface area (Å²) in [4.78, 5) is 12.0. The molecular weight excluding hydrogens is 276 g/mol. The van der Waals surface area contributed by atoms with Gasteiger partial charge in [-0.3, -0.25) is 4.79 Å². The van der Waals surface area contributed by atoms with Crippen molar-refractivity contribution in [2.75, 3.05) is 27.6 Å². The van der Waals surface area contributed by atoms with Crippen molar-refractivity contribution < 1.29 is 28.5 Å². The summed E-state index contributed by atoms with van der Waals surface area (Å²) in [5, 5.41) is 0. The quantitative estimate of drug-likeness (QED) is 0.717. The summed E-state index contributed by atoms with van der Waals surface area (Å²) in [7, 11) is 3.27. The Bertz CT molecular complexity index is 356. The fourth-order valence-electron chi connectivity index (χ4n) is 3.70. The van der Waals surface area contributed by atoms with Gasteiger partial charge in [-0.25, -0.2) is 0 Å². The van der Waals surface area contributed by atoms with Gasteiger partial charge < -0.3 is 23.7 Å². The minimum absolute atomic E-state index is 0.0213. The molecule has 0 aromatic rings. The Morgan fingerprint density at radius 3 is 2.71 bits per heavy atom. The Morgan fingerprint density at radius 2 is 2.14 bits per heavy atom. The first-order valence-electron chi connectivity index (χ1n) is 7.60. The number of hydrogen-bond donors (Lipinski definition) is 0. The molecule has 2 saturated heterocycles. The minimum atomic E-state index is -0.719. The van der Waals surface area contributed by atoms with Crippen LogP contribution in [-0.2, 0) is 28.5 Å². The average Bonchev–Trinajstić information content (AvgIpc) is 2.68. The Kier molecular flexibility index (Phi) is 5.60. The number of ether oxygens (including phenoxy) is 5. The fraction of sp³-hybridized carbons (Fsp3) is 0.933. The van der Waals surface area contributed by atoms with Crippen LogP contribution in [0.3, 0.4) is 0 Å². The van der Waals surface area contributed by atoms with Gasteiger partial charge in [0, 0.05) is 20.1 Å². The van der Waals surface area contributed by atoms with Crippen LogP contribution in [0.4, 0.5) is 0 Å². The Labute approximate surface area is 126 Å². The lowest BCUT2D eigenvalue weighted by atomic mass is 9.71. The third kappa shape index (κ3) is 2.82. The summed E-state index contributed by atoms with van der Waals surface area (Å²) >= 11 is 0. The highest BCUT2D eigenvalue weighted by Crippen LogP contribution is 2.44. The van der Waals surface area contributed by atoms with Crippen molar-refractivity contribution in [2.24, 2.45) is 5.92 Å². The number of rotatable bonds is 5. The standard InChI is InChI=1S/C15H26O6/c1-5-10-7-13(16)21-14-11(17-3)8-19-9-20-15(10,14)12(6-2)18-4/h10-12,14H,5-9H2,1-4H3. The summed E-state index contributed by atoms with van der Waals surface area (Å²) < 4.78 is 28.4. The van der Waals surface area contributed by atoms with E-state index < -0.39 is 11.7 Å². The van der Waals surface area contributed by atoms with E-state index >= 15 is 0 Å². The molecule has 6 nitrogen and oxygen atoms in total. The molecule has 0 N–H and O–H groups in total. The zero-order valence-electron chi connectivity index (χ0n) is 13.3. The van der Waals surface area contributed by atoms with E-state index in [2.05, 4.69) is 6.92 Å². The molecule has 0 aromatic heterocycles. The minimum Gasteiger partial charge on any atom is -0.456 e. The van der Waals surface area contributed by atoms with Crippen LogP contribution in [0.25, 0.3) is 0 Å². The zero-order valence-corrected chi connectivity index (χ0v) is 13.3. The third-order valence-corrected chi connectivity index (χ3v) is 4.72. The van der Waals surface area contributed by atoms with E-state index in [0.717, 1.165) is 12.8 Å². The van der Waals surface area contributed by atoms with Crippen molar-refractivity contribution in [3.63, 3.8) is 0 Å². The van der Waals surface area contributed by atoms with Gasteiger partial charge in [-0.05, 0) is 12.8 Å². The molecule has 0 spiro atoms. The van der Waals surface area contributed by atoms with E-state index in [9.17, 15) is 4.79 Å². The van der Waals surface area contributed by atoms with E-state index in [0.29, 0.717) is 13.0 Å². The van der Waals surface area contributed by atoms with Gasteiger partial charge in [0.05, 0.1) is 19.1 Å². The Hall–Kier alpha value is -0.690. The molecule has 0 amide bonds. The first-order chi connectivity index (χ1) is 10.1. The third-order valence-electron chi connectivity index (χ3n) is 4.72. The van der Waals surface area contributed by atoms with Crippen molar-refractivity contribution in [2.45, 2.75) is 57.0 Å². The second-order valence-electron chi connectivity index (χ2n) is 5.61. The van der Waals surface area contributed by atoms with Gasteiger partial charge in [-0.15, -0.1) is 0 Å². The van der Waals surface area contributed by atoms with E-state index in [4.69, 9.17) is 23.7 Å². The maximum absolute atomic E-state index is 12.0. The predicted octanol–water partition coefficient (Wildman–Crippen LogP) is 1.51. The lowest BCUT2D eigenvalue weighted by molar-refractivity contribution is -0.266. The van der Waals surface area contributed by atoms with Gasteiger partial charge in [0.15, 0.2) is 6.10 Å². The molecular formula is C15H26O6. The van der Waals surface area contributed by atoms with Crippen LogP contribution in [-0.4, -0.2) is 57.5 Å². The SMILES string of the molecule is CCC1CC(=O)OC2C(OC)COCOC12C(CC)OC. The number of fused-ring (bicyclic) bond motifs is 1. The zero-order chi connectivity index (χ0) is 15.5. The van der Waals surface area contributed by atoms with Gasteiger partial charge in [0.2, 0.25) is 0 Å². The Balaban J connectivity index is 2.47. The van der Waals surface area contributed by atoms with Crippen LogP contribution >= 0.6 is 0 Å². The molecule has 2 aliphatic heterocycles. The molecule has 5 unspecified atom stereocenters. The van der Waals surface area contributed by atoms with Crippen molar-refractivity contribution in [3.8, 4) is 0 Å². The number of hydrogen-bond acceptors (Lipinski definition) is 6. The number of carbonyl (C=O) groups is 1. The van der Waals surface area contributed by atoms with Crippen LogP contribution in [0.15, 0.2) is 0 Å². The van der Waals surface area contributed by atoms with Gasteiger partial charge in [0.25, 0.3) is 0 Å². The van der Waals surface area contributed by atoms with Gasteiger partial charge in [-0.2, -0.15) is 0 Å². The van der Waals surface area contributed by atoms with Gasteiger partial charge in [-0.1, -0.05) is 13.8 Å². The summed E-state index contributed by atoms with van der Waals surface area (Å²) in [6.07, 6.45) is 0.860. The summed E-state index contributed by atoms with van der Waals surface area (Å²) in [6.45, 7) is 4.60. The highest BCUT2D eigenvalue weighted by molar-refractivity contribution is 5.71. The normalized spacial score (nSPS) is 38.3. The summed E-state index contributed by atoms with van der Waals surface area (Å²) in [5.74, 6) is -0.186. The highest BCUT2D eigenvalue weighted by atomic mass is 16.7. The number of esters is 1. The maximum Gasteiger partial charge on any atom is 0.306 e. The van der Waals surface area contributed by atoms with E-state index in [1.54, 1.807) is 14.2 Å². The molecule has 0 bridgehead atoms. The van der Waals surface area contributed by atoms with Gasteiger partial charge in [0.1, 0.15) is 18.5 Å². The molecule has 2 rings (SSSR count). The molecule has 122 valence electrons. The van der Waals surface area contributed by atoms with Crippen LogP contribution in [0.1, 0.15) is 33.1 Å². The largest absolute Gasteiger partial charge is 0.456 e. The lowest BCUT2D eigenvalue weighted by Crippen LogP contribution is -2.66. The predicted molar refractivity (Wildman–Crippen MR) is 74.8 cm³/mol. The van der Waals surface area contributed by atoms with Crippen LogP contribution in [0.5, 0.6) is 0 Å². The molecule has 0 saturated carbocycles. The fourth-order valence-corrected chi connectivity index (χ4v) is 3.70. The van der Waals surface area contributed by atoms with Crippen molar-refractivity contribution >= 4 is 5.97 Å². The average molecular weight is 302 g/mol. The molecule has 0 aromatic carbocycles. The maximum atomic E-state index is 12.0. The second kappa shape index (κ2) is 7.05. The Morgan fingerprint density at radius 1 is 1.38 bits per heavy atom. The van der Waals surface area contributed by atoms with Crippen LogP contribution in [0.2, 0.25) is 0 Å². The monoisotopic (exact) mass is 302 g/mol. The van der Waals surface area contributed by atoms with Gasteiger partial charge >= 0.3 is 5.97 Å². The van der Waals surface area contributed by atoms with Crippen molar-refractivity contribution in [1.29, 1.82) is 0 Å². The molecule has 2 heterocycles. The summed E-state index contributed by atoms with van der Waals surface area (Å²) in [6, 6.07) is 0. The molecule has 6 heteroatoms. The van der Waals surface area contributed by atoms with E-state index in [1.165, 1.54) is 0 Å². The van der Waals surface area contributed by atoms with E-state index in [-0.39, 0.29) is 30.9 Å². The topological polar surface area (TPSA) is 63.2 Å². The number of carbonyl (C=O) groups excluding carboxylic acids is 1. The first kappa shape index (κ1) is 16.7. The van der Waals surface area contributed by atoms with E-state index in [1.807, 2.05) is 6.92 Å². The van der Waals surface area contributed by atoms with Crippen molar-refractivity contribution in [1.82, 2.24) is 0 Å². The van der Waals surface area contributed by atoms with Crippen LogP contribution in [0, 0.1) is 5.92 Å². The smallest absolute Gasteiger partial charge is 0.306 e. The number of methoxy groups -OCH3 is 2. The molecule has 21 heavy (non-hydrogen) atoms. The molecule has 5 atom stereocenters. The molecule has 0 radical (unpaired) electrons. The summed E-state index contributed by atoms with van der Waals surface area (Å²) in [5.41, 5.74) is -0.719. The molecule has 0 aliphatic carbocycles. The molecule has 2 aliphatic rings. The van der Waals surface area contributed by atoms with Crippen LogP contribution < -0.4 is 0 Å². The highest BCUT2D eigenvalue weighted by Gasteiger charge is 2.60. The second-order valence-corrected chi connectivity index (χ2v) is 5.61. The lowest BCUT2D eigenvalue weighted by Gasteiger charge is -2.51. The van der Waals surface area contributed by atoms with Crippen molar-refractivity contribution in [3.05, 3.63) is 0 Å². The first-order valence-corrected chi connectivity index (χ1v) is 7.60.